The van der Waals surface area contributed by atoms with E-state index in [4.69, 9.17) is 4.74 Å². The fourth-order valence-electron chi connectivity index (χ4n) is 1.14. The highest BCUT2D eigenvalue weighted by Gasteiger charge is 2.25. The first kappa shape index (κ1) is 12.1. The Balaban J connectivity index is 4.24. The lowest BCUT2D eigenvalue weighted by Crippen LogP contribution is -2.25. The van der Waals surface area contributed by atoms with Gasteiger partial charge in [0.2, 0.25) is 0 Å². The third-order valence-electron chi connectivity index (χ3n) is 1.77. The molecular weight excluding hydrogens is 168 g/mol. The molecule has 0 aromatic rings. The molecule has 0 spiro atoms. The highest BCUT2D eigenvalue weighted by molar-refractivity contribution is 5.97. The maximum atomic E-state index is 11.3. The molecule has 0 heterocycles. The van der Waals surface area contributed by atoms with Crippen molar-refractivity contribution in [2.75, 3.05) is 6.61 Å². The van der Waals surface area contributed by atoms with Gasteiger partial charge in [0.05, 0.1) is 6.61 Å². The summed E-state index contributed by atoms with van der Waals surface area (Å²) in [6, 6.07) is 0. The van der Waals surface area contributed by atoms with Crippen LogP contribution in [0.3, 0.4) is 0 Å². The second-order valence-corrected chi connectivity index (χ2v) is 3.54. The molecule has 1 atom stereocenters. The van der Waals surface area contributed by atoms with Gasteiger partial charge in [-0.1, -0.05) is 13.8 Å². The fraction of sp³-hybridized carbons (Fsp3) is 0.800. The van der Waals surface area contributed by atoms with Crippen molar-refractivity contribution in [1.29, 1.82) is 0 Å². The van der Waals surface area contributed by atoms with Crippen LogP contribution in [0.15, 0.2) is 0 Å². The van der Waals surface area contributed by atoms with E-state index in [0.717, 1.165) is 0 Å². The molecule has 0 aliphatic heterocycles. The summed E-state index contributed by atoms with van der Waals surface area (Å²) in [6.45, 7) is 7.47. The van der Waals surface area contributed by atoms with Crippen molar-refractivity contribution in [2.45, 2.75) is 34.1 Å². The molecule has 76 valence electrons. The van der Waals surface area contributed by atoms with E-state index in [0.29, 0.717) is 18.9 Å². The second-order valence-electron chi connectivity index (χ2n) is 3.54. The molecule has 0 amide bonds. The standard InChI is InChI=1S/C10H18O3/c1-5-13-10(12)9(8(4)11)6-7(2)3/h7,9H,5-6H2,1-4H3. The molecule has 0 N–H and O–H groups in total. The highest BCUT2D eigenvalue weighted by atomic mass is 16.5. The number of ether oxygens (including phenoxy) is 1. The maximum Gasteiger partial charge on any atom is 0.316 e. The normalized spacial score (nSPS) is 12.7. The van der Waals surface area contributed by atoms with Crippen molar-refractivity contribution in [3.05, 3.63) is 0 Å². The van der Waals surface area contributed by atoms with Gasteiger partial charge >= 0.3 is 5.97 Å². The molecule has 1 unspecified atom stereocenters. The number of carbonyl (C=O) groups is 2. The van der Waals surface area contributed by atoms with Gasteiger partial charge in [0.15, 0.2) is 0 Å². The molecule has 0 rings (SSSR count). The monoisotopic (exact) mass is 186 g/mol. The largest absolute Gasteiger partial charge is 0.465 e. The lowest BCUT2D eigenvalue weighted by Gasteiger charge is -2.14. The minimum absolute atomic E-state index is 0.104. The molecule has 0 saturated heterocycles. The number of hydrogen-bond donors (Lipinski definition) is 0. The molecule has 0 aliphatic rings. The summed E-state index contributed by atoms with van der Waals surface area (Å²) in [4.78, 5) is 22.4. The predicted molar refractivity (Wildman–Crippen MR) is 50.3 cm³/mol. The van der Waals surface area contributed by atoms with E-state index in [-0.39, 0.29) is 11.8 Å². The van der Waals surface area contributed by atoms with Crippen LogP contribution in [-0.2, 0) is 14.3 Å². The zero-order chi connectivity index (χ0) is 10.4. The Morgan fingerprint density at radius 2 is 1.85 bits per heavy atom. The summed E-state index contributed by atoms with van der Waals surface area (Å²) in [7, 11) is 0. The fourth-order valence-corrected chi connectivity index (χ4v) is 1.14. The van der Waals surface area contributed by atoms with Crippen molar-refractivity contribution >= 4 is 11.8 Å². The van der Waals surface area contributed by atoms with Crippen LogP contribution in [0.25, 0.3) is 0 Å². The van der Waals surface area contributed by atoms with Crippen LogP contribution in [0.1, 0.15) is 34.1 Å². The van der Waals surface area contributed by atoms with Gasteiger partial charge in [-0.3, -0.25) is 9.59 Å². The van der Waals surface area contributed by atoms with E-state index in [9.17, 15) is 9.59 Å². The Labute approximate surface area is 79.5 Å². The molecule has 0 aromatic carbocycles. The summed E-state index contributed by atoms with van der Waals surface area (Å²) in [6.07, 6.45) is 0.578. The van der Waals surface area contributed by atoms with Gasteiger partial charge in [0, 0.05) is 0 Å². The van der Waals surface area contributed by atoms with E-state index < -0.39 is 5.92 Å². The zero-order valence-corrected chi connectivity index (χ0v) is 8.79. The van der Waals surface area contributed by atoms with Crippen molar-refractivity contribution in [2.24, 2.45) is 11.8 Å². The number of rotatable bonds is 5. The lowest BCUT2D eigenvalue weighted by molar-refractivity contribution is -0.151. The first-order valence-electron chi connectivity index (χ1n) is 4.66. The number of hydrogen-bond acceptors (Lipinski definition) is 3. The smallest absolute Gasteiger partial charge is 0.316 e. The van der Waals surface area contributed by atoms with E-state index >= 15 is 0 Å². The van der Waals surface area contributed by atoms with Crippen molar-refractivity contribution in [3.63, 3.8) is 0 Å². The first-order valence-corrected chi connectivity index (χ1v) is 4.66. The molecule has 0 aliphatic carbocycles. The van der Waals surface area contributed by atoms with Crippen molar-refractivity contribution in [3.8, 4) is 0 Å². The average Bonchev–Trinajstić information content (AvgIpc) is 1.99. The van der Waals surface area contributed by atoms with Gasteiger partial charge in [-0.2, -0.15) is 0 Å². The Kier molecular flexibility index (Phi) is 5.35. The highest BCUT2D eigenvalue weighted by Crippen LogP contribution is 2.14. The summed E-state index contributed by atoms with van der Waals surface area (Å²) >= 11 is 0. The molecule has 0 aromatic heterocycles. The third-order valence-corrected chi connectivity index (χ3v) is 1.77. The van der Waals surface area contributed by atoms with Gasteiger partial charge in [-0.05, 0) is 26.2 Å². The summed E-state index contributed by atoms with van der Waals surface area (Å²) in [5.41, 5.74) is 0. The van der Waals surface area contributed by atoms with E-state index in [1.165, 1.54) is 6.92 Å². The second kappa shape index (κ2) is 5.73. The molecule has 0 saturated carbocycles. The van der Waals surface area contributed by atoms with Gasteiger partial charge < -0.3 is 4.74 Å². The topological polar surface area (TPSA) is 43.4 Å². The Morgan fingerprint density at radius 3 is 2.15 bits per heavy atom. The van der Waals surface area contributed by atoms with E-state index in [1.54, 1.807) is 6.92 Å². The molecule has 0 radical (unpaired) electrons. The lowest BCUT2D eigenvalue weighted by atomic mass is 9.94. The molecule has 0 bridgehead atoms. The first-order chi connectivity index (χ1) is 5.99. The molecule has 3 nitrogen and oxygen atoms in total. The zero-order valence-electron chi connectivity index (χ0n) is 8.79. The van der Waals surface area contributed by atoms with Crippen molar-refractivity contribution in [1.82, 2.24) is 0 Å². The van der Waals surface area contributed by atoms with E-state index in [1.807, 2.05) is 13.8 Å². The number of Topliss-reactive ketones (excluding diaryl/α,β-unsaturated/α-hetero) is 1. The number of carbonyl (C=O) groups excluding carboxylic acids is 2. The summed E-state index contributed by atoms with van der Waals surface area (Å²) in [5, 5.41) is 0. The van der Waals surface area contributed by atoms with Gasteiger partial charge in [-0.25, -0.2) is 0 Å². The van der Waals surface area contributed by atoms with Crippen LogP contribution < -0.4 is 0 Å². The van der Waals surface area contributed by atoms with E-state index in [2.05, 4.69) is 0 Å². The van der Waals surface area contributed by atoms with Crippen LogP contribution in [0.2, 0.25) is 0 Å². The van der Waals surface area contributed by atoms with Crippen LogP contribution in [-0.4, -0.2) is 18.4 Å². The summed E-state index contributed by atoms with van der Waals surface area (Å²) in [5.74, 6) is -0.728. The maximum absolute atomic E-state index is 11.3. The SMILES string of the molecule is CCOC(=O)C(CC(C)C)C(C)=O. The Morgan fingerprint density at radius 1 is 1.31 bits per heavy atom. The van der Waals surface area contributed by atoms with Crippen LogP contribution >= 0.6 is 0 Å². The minimum Gasteiger partial charge on any atom is -0.465 e. The Bertz CT molecular complexity index is 185. The molecule has 0 fully saturated rings. The minimum atomic E-state index is -0.569. The van der Waals surface area contributed by atoms with Crippen LogP contribution in [0.5, 0.6) is 0 Å². The van der Waals surface area contributed by atoms with Crippen molar-refractivity contribution < 1.29 is 14.3 Å². The molecule has 3 heteroatoms. The molecule has 13 heavy (non-hydrogen) atoms. The average molecular weight is 186 g/mol. The van der Waals surface area contributed by atoms with Gasteiger partial charge in [0.25, 0.3) is 0 Å². The predicted octanol–water partition coefficient (Wildman–Crippen LogP) is 1.80. The van der Waals surface area contributed by atoms with Gasteiger partial charge in [0.1, 0.15) is 11.7 Å². The summed E-state index contributed by atoms with van der Waals surface area (Å²) < 4.78 is 4.81. The molecular formula is C10H18O3. The number of esters is 1. The number of ketones is 1. The Hall–Kier alpha value is -0.860. The van der Waals surface area contributed by atoms with Gasteiger partial charge in [-0.15, -0.1) is 0 Å². The van der Waals surface area contributed by atoms with Crippen LogP contribution in [0, 0.1) is 11.8 Å². The van der Waals surface area contributed by atoms with Crippen LogP contribution in [0.4, 0.5) is 0 Å². The quantitative estimate of drug-likeness (QED) is 0.485. The third kappa shape index (κ3) is 4.65.